The van der Waals surface area contributed by atoms with Crippen LogP contribution in [0, 0.1) is 10.1 Å². The van der Waals surface area contributed by atoms with Gasteiger partial charge in [0.25, 0.3) is 17.5 Å². The number of nitro benzene ring substituents is 1. The fourth-order valence-corrected chi connectivity index (χ4v) is 4.36. The van der Waals surface area contributed by atoms with E-state index in [1.165, 1.54) is 24.3 Å². The van der Waals surface area contributed by atoms with Gasteiger partial charge in [0.05, 0.1) is 4.92 Å². The molecule has 10 heteroatoms. The van der Waals surface area contributed by atoms with Gasteiger partial charge in [0, 0.05) is 42.0 Å². The number of carbonyl (C=O) groups is 3. The number of likely N-dealkylation sites (tertiary alicyclic amines) is 1. The van der Waals surface area contributed by atoms with Crippen molar-refractivity contribution in [2.45, 2.75) is 38.1 Å². The van der Waals surface area contributed by atoms with Crippen molar-refractivity contribution in [1.29, 1.82) is 0 Å². The zero-order valence-electron chi connectivity index (χ0n) is 19.7. The molecule has 0 radical (unpaired) electrons. The molecule has 3 rings (SSSR count). The second-order valence-corrected chi connectivity index (χ2v) is 9.37. The summed E-state index contributed by atoms with van der Waals surface area (Å²) in [4.78, 5) is 50.7. The van der Waals surface area contributed by atoms with Gasteiger partial charge < -0.3 is 15.5 Å². The molecule has 0 saturated carbocycles. The molecule has 1 saturated heterocycles. The Morgan fingerprint density at radius 2 is 1.71 bits per heavy atom. The summed E-state index contributed by atoms with van der Waals surface area (Å²) in [5, 5.41) is 16.5. The van der Waals surface area contributed by atoms with E-state index < -0.39 is 22.8 Å². The van der Waals surface area contributed by atoms with Crippen LogP contribution in [0.4, 0.5) is 11.4 Å². The number of hydrogen-bond donors (Lipinski definition) is 2. The van der Waals surface area contributed by atoms with Gasteiger partial charge in [-0.05, 0) is 61.6 Å². The minimum Gasteiger partial charge on any atom is -0.340 e. The van der Waals surface area contributed by atoms with Crippen LogP contribution in [-0.4, -0.2) is 58.7 Å². The van der Waals surface area contributed by atoms with E-state index in [1.54, 1.807) is 36.0 Å². The highest BCUT2D eigenvalue weighted by Crippen LogP contribution is 2.17. The van der Waals surface area contributed by atoms with E-state index in [-0.39, 0.29) is 17.2 Å². The zero-order chi connectivity index (χ0) is 25.2. The van der Waals surface area contributed by atoms with Crippen molar-refractivity contribution in [3.8, 4) is 0 Å². The number of nitro groups is 1. The van der Waals surface area contributed by atoms with Crippen molar-refractivity contribution in [2.75, 3.05) is 30.4 Å². The summed E-state index contributed by atoms with van der Waals surface area (Å²) in [7, 11) is 0. The number of amides is 3. The summed E-state index contributed by atoms with van der Waals surface area (Å²) in [6, 6.07) is 11.3. The van der Waals surface area contributed by atoms with Gasteiger partial charge in [-0.15, -0.1) is 0 Å². The average molecular weight is 499 g/mol. The Morgan fingerprint density at radius 3 is 2.34 bits per heavy atom. The van der Waals surface area contributed by atoms with Crippen LogP contribution in [0.25, 0.3) is 0 Å². The van der Waals surface area contributed by atoms with Crippen molar-refractivity contribution >= 4 is 40.9 Å². The molecule has 2 aromatic rings. The van der Waals surface area contributed by atoms with Gasteiger partial charge >= 0.3 is 0 Å². The number of carbonyl (C=O) groups excluding carboxylic acids is 3. The molecule has 3 amide bonds. The highest BCUT2D eigenvalue weighted by Gasteiger charge is 2.23. The molecule has 35 heavy (non-hydrogen) atoms. The molecule has 2 N–H and O–H groups in total. The lowest BCUT2D eigenvalue weighted by atomic mass is 10.1. The molecule has 1 unspecified atom stereocenters. The normalized spacial score (nSPS) is 14.5. The summed E-state index contributed by atoms with van der Waals surface area (Å²) in [5.74, 6) is -0.332. The van der Waals surface area contributed by atoms with Gasteiger partial charge in [-0.25, -0.2) is 0 Å². The highest BCUT2D eigenvalue weighted by atomic mass is 32.2. The minimum atomic E-state index is -0.826. The van der Waals surface area contributed by atoms with Crippen LogP contribution in [0.15, 0.2) is 48.5 Å². The molecular weight excluding hydrogens is 468 g/mol. The standard InChI is InChI=1S/C25H30N4O5S/c1-35-16-13-22(27-23(30)19-7-6-8-21(17-19)29(33)34)24(31)26-20-11-9-18(10-12-20)25(32)28-14-4-2-3-5-15-28/h6-12,17,22H,2-5,13-16H2,1H3,(H,26,31)(H,27,30). The maximum atomic E-state index is 12.9. The molecule has 2 aromatic carbocycles. The number of non-ortho nitro benzene ring substituents is 1. The van der Waals surface area contributed by atoms with Crippen molar-refractivity contribution < 1.29 is 19.3 Å². The van der Waals surface area contributed by atoms with Crippen LogP contribution in [0.2, 0.25) is 0 Å². The van der Waals surface area contributed by atoms with Crippen LogP contribution in [0.3, 0.4) is 0 Å². The lowest BCUT2D eigenvalue weighted by Gasteiger charge is -2.21. The topological polar surface area (TPSA) is 122 Å². The maximum absolute atomic E-state index is 12.9. The molecule has 1 atom stereocenters. The van der Waals surface area contributed by atoms with E-state index in [0.29, 0.717) is 23.4 Å². The quantitative estimate of drug-likeness (QED) is 0.397. The van der Waals surface area contributed by atoms with Crippen LogP contribution >= 0.6 is 11.8 Å². The molecule has 0 bridgehead atoms. The number of hydrogen-bond acceptors (Lipinski definition) is 6. The van der Waals surface area contributed by atoms with Crippen LogP contribution in [0.5, 0.6) is 0 Å². The molecular formula is C25H30N4O5S. The van der Waals surface area contributed by atoms with Crippen LogP contribution in [-0.2, 0) is 4.79 Å². The molecule has 0 aliphatic carbocycles. The van der Waals surface area contributed by atoms with E-state index in [2.05, 4.69) is 10.6 Å². The van der Waals surface area contributed by atoms with Crippen LogP contribution in [0.1, 0.15) is 52.8 Å². The first-order valence-electron chi connectivity index (χ1n) is 11.6. The molecule has 9 nitrogen and oxygen atoms in total. The highest BCUT2D eigenvalue weighted by molar-refractivity contribution is 7.98. The number of rotatable bonds is 9. The first-order chi connectivity index (χ1) is 16.9. The fourth-order valence-electron chi connectivity index (χ4n) is 3.89. The maximum Gasteiger partial charge on any atom is 0.270 e. The zero-order valence-corrected chi connectivity index (χ0v) is 20.5. The Kier molecular flexibility index (Phi) is 9.66. The monoisotopic (exact) mass is 498 g/mol. The SMILES string of the molecule is CSCCC(NC(=O)c1cccc([N+](=O)[O-])c1)C(=O)Nc1ccc(C(=O)N2CCCCCC2)cc1. The number of thioether (sulfide) groups is 1. The number of anilines is 1. The Labute approximate surface area is 208 Å². The molecule has 0 spiro atoms. The number of nitrogens with one attached hydrogen (secondary N) is 2. The third-order valence-corrected chi connectivity index (χ3v) is 6.49. The summed E-state index contributed by atoms with van der Waals surface area (Å²) < 4.78 is 0. The smallest absolute Gasteiger partial charge is 0.270 e. The third-order valence-electron chi connectivity index (χ3n) is 5.84. The summed E-state index contributed by atoms with van der Waals surface area (Å²) in [6.45, 7) is 1.53. The Morgan fingerprint density at radius 1 is 1.03 bits per heavy atom. The first-order valence-corrected chi connectivity index (χ1v) is 13.0. The van der Waals surface area contributed by atoms with Crippen molar-refractivity contribution in [3.05, 3.63) is 69.8 Å². The molecule has 186 valence electrons. The Hall–Kier alpha value is -3.40. The average Bonchev–Trinajstić information content (AvgIpc) is 3.16. The largest absolute Gasteiger partial charge is 0.340 e. The predicted molar refractivity (Wildman–Crippen MR) is 137 cm³/mol. The van der Waals surface area contributed by atoms with E-state index in [4.69, 9.17) is 0 Å². The second kappa shape index (κ2) is 12.9. The van der Waals surface area contributed by atoms with Gasteiger partial charge in [0.1, 0.15) is 6.04 Å². The molecule has 1 aliphatic rings. The van der Waals surface area contributed by atoms with Crippen molar-refractivity contribution in [1.82, 2.24) is 10.2 Å². The Bertz CT molecular complexity index is 1050. The summed E-state index contributed by atoms with van der Waals surface area (Å²) >= 11 is 1.54. The minimum absolute atomic E-state index is 0.00755. The van der Waals surface area contributed by atoms with E-state index >= 15 is 0 Å². The van der Waals surface area contributed by atoms with E-state index in [9.17, 15) is 24.5 Å². The number of benzene rings is 2. The van der Waals surface area contributed by atoms with Gasteiger partial charge in [-0.3, -0.25) is 24.5 Å². The van der Waals surface area contributed by atoms with Gasteiger partial charge in [-0.1, -0.05) is 18.9 Å². The first kappa shape index (κ1) is 26.2. The van der Waals surface area contributed by atoms with Crippen molar-refractivity contribution in [2.24, 2.45) is 0 Å². The number of nitrogens with zero attached hydrogens (tertiary/aromatic N) is 2. The summed E-state index contributed by atoms with van der Waals surface area (Å²) in [6.07, 6.45) is 6.60. The summed E-state index contributed by atoms with van der Waals surface area (Å²) in [5.41, 5.74) is 0.999. The third kappa shape index (κ3) is 7.54. The molecule has 0 aromatic heterocycles. The fraction of sp³-hybridized carbons (Fsp3) is 0.400. The van der Waals surface area contributed by atoms with Crippen molar-refractivity contribution in [3.63, 3.8) is 0 Å². The molecule has 1 aliphatic heterocycles. The van der Waals surface area contributed by atoms with E-state index in [0.717, 1.165) is 38.8 Å². The van der Waals surface area contributed by atoms with Crippen LogP contribution < -0.4 is 10.6 Å². The molecule has 1 fully saturated rings. The lowest BCUT2D eigenvalue weighted by molar-refractivity contribution is -0.384. The van der Waals surface area contributed by atoms with Gasteiger partial charge in [0.15, 0.2) is 0 Å². The van der Waals surface area contributed by atoms with Gasteiger partial charge in [-0.2, -0.15) is 11.8 Å². The van der Waals surface area contributed by atoms with E-state index in [1.807, 2.05) is 11.2 Å². The van der Waals surface area contributed by atoms with Gasteiger partial charge in [0.2, 0.25) is 5.91 Å². The molecule has 1 heterocycles. The Balaban J connectivity index is 1.65. The predicted octanol–water partition coefficient (Wildman–Crippen LogP) is 4.10. The lowest BCUT2D eigenvalue weighted by Crippen LogP contribution is -2.44. The second-order valence-electron chi connectivity index (χ2n) is 8.39.